The number of nitrogens with one attached hydrogen (secondary N) is 1. The summed E-state index contributed by atoms with van der Waals surface area (Å²) in [6.07, 6.45) is 5.35. The van der Waals surface area contributed by atoms with E-state index in [1.165, 1.54) is 0 Å². The van der Waals surface area contributed by atoms with E-state index in [9.17, 15) is 0 Å². The topological polar surface area (TPSA) is 12.0 Å². The molecule has 2 heteroatoms. The lowest BCUT2D eigenvalue weighted by Gasteiger charge is -2.10. The predicted molar refractivity (Wildman–Crippen MR) is 54.8 cm³/mol. The summed E-state index contributed by atoms with van der Waals surface area (Å²) >= 11 is 3.44. The van der Waals surface area contributed by atoms with E-state index in [0.29, 0.717) is 0 Å². The molecule has 12 heavy (non-hydrogen) atoms. The van der Waals surface area contributed by atoms with Gasteiger partial charge in [-0.1, -0.05) is 40.0 Å². The Balaban J connectivity index is 3.02. The first-order valence-corrected chi connectivity index (χ1v) is 4.46. The Kier molecular flexibility index (Phi) is 3.33. The van der Waals surface area contributed by atoms with Gasteiger partial charge in [-0.2, -0.15) is 0 Å². The van der Waals surface area contributed by atoms with Gasteiger partial charge < -0.3 is 5.32 Å². The molecule has 0 radical (unpaired) electrons. The second-order valence-electron chi connectivity index (χ2n) is 2.41. The molecule has 0 aliphatic carbocycles. The first kappa shape index (κ1) is 9.31. The van der Waals surface area contributed by atoms with Crippen LogP contribution in [0.3, 0.4) is 0 Å². The van der Waals surface area contributed by atoms with Crippen molar-refractivity contribution in [1.29, 1.82) is 0 Å². The molecule has 1 N–H and O–H groups in total. The molecular weight excluding hydrogens is 214 g/mol. The quantitative estimate of drug-likeness (QED) is 0.760. The zero-order valence-corrected chi connectivity index (χ0v) is 8.43. The minimum absolute atomic E-state index is 0.0134. The van der Waals surface area contributed by atoms with Crippen molar-refractivity contribution in [2.24, 2.45) is 0 Å². The van der Waals surface area contributed by atoms with Gasteiger partial charge in [0.1, 0.15) is 0 Å². The van der Waals surface area contributed by atoms with Gasteiger partial charge in [0.05, 0.1) is 6.04 Å². The maximum absolute atomic E-state index is 5.35. The second kappa shape index (κ2) is 4.30. The van der Waals surface area contributed by atoms with Gasteiger partial charge in [0, 0.05) is 4.47 Å². The van der Waals surface area contributed by atoms with Crippen molar-refractivity contribution in [3.63, 3.8) is 0 Å². The van der Waals surface area contributed by atoms with Gasteiger partial charge in [0.25, 0.3) is 0 Å². The largest absolute Gasteiger partial charge is 0.303 e. The van der Waals surface area contributed by atoms with E-state index < -0.39 is 0 Å². The molecule has 0 aliphatic rings. The van der Waals surface area contributed by atoms with Crippen LogP contribution in [0.1, 0.15) is 11.6 Å². The van der Waals surface area contributed by atoms with Crippen molar-refractivity contribution in [2.45, 2.75) is 6.04 Å². The van der Waals surface area contributed by atoms with Crippen LogP contribution in [0.5, 0.6) is 0 Å². The summed E-state index contributed by atoms with van der Waals surface area (Å²) in [5, 5.41) is 3.04. The maximum Gasteiger partial charge on any atom is 0.0951 e. The van der Waals surface area contributed by atoms with E-state index in [2.05, 4.69) is 27.2 Å². The van der Waals surface area contributed by atoms with Crippen LogP contribution in [0.15, 0.2) is 28.7 Å². The van der Waals surface area contributed by atoms with Gasteiger partial charge in [-0.05, 0) is 18.7 Å². The number of benzene rings is 1. The van der Waals surface area contributed by atoms with Crippen LogP contribution < -0.4 is 5.32 Å². The minimum Gasteiger partial charge on any atom is -0.303 e. The molecule has 1 unspecified atom stereocenters. The highest BCUT2D eigenvalue weighted by Gasteiger charge is 2.07. The maximum atomic E-state index is 5.35. The van der Waals surface area contributed by atoms with Gasteiger partial charge in [0.2, 0.25) is 0 Å². The van der Waals surface area contributed by atoms with Gasteiger partial charge >= 0.3 is 0 Å². The molecule has 0 saturated carbocycles. The Bertz CT molecular complexity index is 301. The fourth-order valence-corrected chi connectivity index (χ4v) is 1.55. The molecule has 0 fully saturated rings. The highest BCUT2D eigenvalue weighted by atomic mass is 79.9. The molecule has 62 valence electrons. The lowest BCUT2D eigenvalue weighted by atomic mass is 10.1. The average Bonchev–Trinajstić information content (AvgIpc) is 2.10. The lowest BCUT2D eigenvalue weighted by molar-refractivity contribution is 0.733. The van der Waals surface area contributed by atoms with E-state index in [1.54, 1.807) is 0 Å². The summed E-state index contributed by atoms with van der Waals surface area (Å²) in [4.78, 5) is 0. The van der Waals surface area contributed by atoms with Crippen molar-refractivity contribution < 1.29 is 0 Å². The number of halogens is 1. The van der Waals surface area contributed by atoms with E-state index in [1.807, 2.05) is 31.3 Å². The standard InChI is InChI=1S/C10H10BrN/c1-3-10(12-2)8-6-4-5-7-9(8)11/h1,4-7,10,12H,2H3. The average molecular weight is 224 g/mol. The SMILES string of the molecule is C#CC(NC)c1ccccc1Br. The summed E-state index contributed by atoms with van der Waals surface area (Å²) in [5.41, 5.74) is 1.10. The molecule has 0 saturated heterocycles. The third kappa shape index (κ3) is 1.88. The number of hydrogen-bond acceptors (Lipinski definition) is 1. The number of rotatable bonds is 2. The van der Waals surface area contributed by atoms with E-state index in [0.717, 1.165) is 10.0 Å². The van der Waals surface area contributed by atoms with E-state index in [-0.39, 0.29) is 6.04 Å². The van der Waals surface area contributed by atoms with Gasteiger partial charge in [0.15, 0.2) is 0 Å². The molecule has 1 aromatic carbocycles. The lowest BCUT2D eigenvalue weighted by Crippen LogP contribution is -2.14. The molecule has 1 rings (SSSR count). The summed E-state index contributed by atoms with van der Waals surface area (Å²) in [6.45, 7) is 0. The summed E-state index contributed by atoms with van der Waals surface area (Å²) in [7, 11) is 1.85. The minimum atomic E-state index is -0.0134. The zero-order chi connectivity index (χ0) is 8.97. The Morgan fingerprint density at radius 2 is 2.17 bits per heavy atom. The van der Waals surface area contributed by atoms with E-state index >= 15 is 0 Å². The molecule has 0 bridgehead atoms. The van der Waals surface area contributed by atoms with Gasteiger partial charge in [-0.25, -0.2) is 0 Å². The van der Waals surface area contributed by atoms with Crippen molar-refractivity contribution in [3.8, 4) is 12.3 Å². The van der Waals surface area contributed by atoms with Crippen molar-refractivity contribution >= 4 is 15.9 Å². The fraction of sp³-hybridized carbons (Fsp3) is 0.200. The van der Waals surface area contributed by atoms with Gasteiger partial charge in [-0.3, -0.25) is 0 Å². The predicted octanol–water partition coefficient (Wildman–Crippen LogP) is 2.34. The zero-order valence-electron chi connectivity index (χ0n) is 6.84. The first-order chi connectivity index (χ1) is 5.79. The monoisotopic (exact) mass is 223 g/mol. The molecule has 1 aromatic rings. The third-order valence-electron chi connectivity index (χ3n) is 1.67. The van der Waals surface area contributed by atoms with Crippen molar-refractivity contribution in [3.05, 3.63) is 34.3 Å². The van der Waals surface area contributed by atoms with Crippen molar-refractivity contribution in [1.82, 2.24) is 5.32 Å². The first-order valence-electron chi connectivity index (χ1n) is 3.67. The molecule has 0 heterocycles. The van der Waals surface area contributed by atoms with Crippen LogP contribution in [-0.2, 0) is 0 Å². The number of terminal acetylenes is 1. The van der Waals surface area contributed by atoms with Crippen LogP contribution in [0.2, 0.25) is 0 Å². The molecule has 0 spiro atoms. The Hall–Kier alpha value is -0.780. The van der Waals surface area contributed by atoms with Gasteiger partial charge in [-0.15, -0.1) is 6.42 Å². The highest BCUT2D eigenvalue weighted by Crippen LogP contribution is 2.21. The smallest absolute Gasteiger partial charge is 0.0951 e. The van der Waals surface area contributed by atoms with Crippen LogP contribution >= 0.6 is 15.9 Å². The summed E-state index contributed by atoms with van der Waals surface area (Å²) in [5.74, 6) is 2.67. The summed E-state index contributed by atoms with van der Waals surface area (Å²) < 4.78 is 1.04. The number of hydrogen-bond donors (Lipinski definition) is 1. The summed E-state index contributed by atoms with van der Waals surface area (Å²) in [6, 6.07) is 7.92. The molecule has 0 amide bonds. The fourth-order valence-electron chi connectivity index (χ4n) is 1.04. The molecule has 1 atom stereocenters. The molecular formula is C10H10BrN. The molecule has 0 aliphatic heterocycles. The third-order valence-corrected chi connectivity index (χ3v) is 2.39. The highest BCUT2D eigenvalue weighted by molar-refractivity contribution is 9.10. The Morgan fingerprint density at radius 1 is 1.50 bits per heavy atom. The second-order valence-corrected chi connectivity index (χ2v) is 3.26. The normalized spacial score (nSPS) is 12.1. The molecule has 1 nitrogen and oxygen atoms in total. The van der Waals surface area contributed by atoms with Crippen LogP contribution in [-0.4, -0.2) is 7.05 Å². The Morgan fingerprint density at radius 3 is 2.67 bits per heavy atom. The van der Waals surface area contributed by atoms with Crippen LogP contribution in [0, 0.1) is 12.3 Å². The van der Waals surface area contributed by atoms with Crippen LogP contribution in [0.4, 0.5) is 0 Å². The Labute approximate surface area is 81.3 Å². The van der Waals surface area contributed by atoms with Crippen molar-refractivity contribution in [2.75, 3.05) is 7.05 Å². The van der Waals surface area contributed by atoms with E-state index in [4.69, 9.17) is 6.42 Å². The van der Waals surface area contributed by atoms with Crippen LogP contribution in [0.25, 0.3) is 0 Å². The molecule has 0 aromatic heterocycles.